The van der Waals surface area contributed by atoms with E-state index in [9.17, 15) is 8.42 Å². The average molecular weight is 321 g/mol. The Morgan fingerprint density at radius 1 is 1.23 bits per heavy atom. The molecule has 0 saturated carbocycles. The number of nitrogens with one attached hydrogen (secondary N) is 1. The van der Waals surface area contributed by atoms with Crippen LogP contribution in [-0.2, 0) is 10.0 Å². The van der Waals surface area contributed by atoms with Crippen molar-refractivity contribution < 1.29 is 13.2 Å². The first-order valence-corrected chi connectivity index (χ1v) is 8.69. The molecule has 1 aromatic heterocycles. The second kappa shape index (κ2) is 6.10. The quantitative estimate of drug-likeness (QED) is 0.934. The number of hydrogen-bond donors (Lipinski definition) is 1. The molecule has 2 heterocycles. The van der Waals surface area contributed by atoms with E-state index in [2.05, 4.69) is 9.97 Å². The van der Waals surface area contributed by atoms with E-state index < -0.39 is 10.0 Å². The molecule has 0 atom stereocenters. The number of H-pyrrole nitrogens is 1. The summed E-state index contributed by atoms with van der Waals surface area (Å²) in [4.78, 5) is 7.69. The highest BCUT2D eigenvalue weighted by atomic mass is 32.2. The molecule has 1 aliphatic heterocycles. The largest absolute Gasteiger partial charge is 0.497 e. The minimum atomic E-state index is -3.43. The molecule has 0 unspecified atom stereocenters. The Bertz CT molecular complexity index is 703. The van der Waals surface area contributed by atoms with Gasteiger partial charge in [0, 0.05) is 31.4 Å². The van der Waals surface area contributed by atoms with Gasteiger partial charge >= 0.3 is 0 Å². The topological polar surface area (TPSA) is 75.3 Å². The van der Waals surface area contributed by atoms with Crippen molar-refractivity contribution in [3.05, 3.63) is 42.5 Å². The first kappa shape index (κ1) is 15.1. The van der Waals surface area contributed by atoms with E-state index in [0.29, 0.717) is 29.7 Å². The number of piperidine rings is 1. The summed E-state index contributed by atoms with van der Waals surface area (Å²) in [5.74, 6) is 1.90. The van der Waals surface area contributed by atoms with E-state index in [4.69, 9.17) is 4.74 Å². The van der Waals surface area contributed by atoms with Crippen LogP contribution in [-0.4, -0.2) is 42.9 Å². The maximum Gasteiger partial charge on any atom is 0.243 e. The van der Waals surface area contributed by atoms with Gasteiger partial charge in [-0.2, -0.15) is 4.31 Å². The number of rotatable bonds is 4. The lowest BCUT2D eigenvalue weighted by atomic mass is 9.98. The number of aromatic nitrogens is 2. The third-order valence-corrected chi connectivity index (χ3v) is 5.97. The van der Waals surface area contributed by atoms with Gasteiger partial charge in [-0.15, -0.1) is 0 Å². The zero-order chi connectivity index (χ0) is 15.6. The Kier molecular flexibility index (Phi) is 4.17. The van der Waals surface area contributed by atoms with Crippen LogP contribution in [0, 0.1) is 0 Å². The molecular formula is C15H19N3O3S. The first-order chi connectivity index (χ1) is 10.6. The van der Waals surface area contributed by atoms with Gasteiger partial charge in [0.25, 0.3) is 0 Å². The van der Waals surface area contributed by atoms with Crippen molar-refractivity contribution in [3.63, 3.8) is 0 Å². The molecule has 0 spiro atoms. The van der Waals surface area contributed by atoms with Gasteiger partial charge in [0.2, 0.25) is 10.0 Å². The molecule has 6 nitrogen and oxygen atoms in total. The normalized spacial score (nSPS) is 17.5. The molecule has 1 aromatic carbocycles. The molecule has 2 aromatic rings. The van der Waals surface area contributed by atoms with E-state index >= 15 is 0 Å². The molecule has 118 valence electrons. The highest BCUT2D eigenvalue weighted by Gasteiger charge is 2.30. The third kappa shape index (κ3) is 2.86. The molecule has 22 heavy (non-hydrogen) atoms. The monoisotopic (exact) mass is 321 g/mol. The predicted molar refractivity (Wildman–Crippen MR) is 82.3 cm³/mol. The van der Waals surface area contributed by atoms with E-state index in [1.165, 1.54) is 0 Å². The zero-order valence-corrected chi connectivity index (χ0v) is 13.2. The average Bonchev–Trinajstić information content (AvgIpc) is 3.09. The molecule has 7 heteroatoms. The molecule has 0 amide bonds. The zero-order valence-electron chi connectivity index (χ0n) is 12.4. The lowest BCUT2D eigenvalue weighted by Crippen LogP contribution is -2.38. The Labute approximate surface area is 130 Å². The third-order valence-electron chi connectivity index (χ3n) is 4.06. The number of benzene rings is 1. The summed E-state index contributed by atoms with van der Waals surface area (Å²) in [5, 5.41) is 0. The number of aromatic amines is 1. The molecule has 1 N–H and O–H groups in total. The lowest BCUT2D eigenvalue weighted by molar-refractivity contribution is 0.314. The second-order valence-electron chi connectivity index (χ2n) is 5.33. The molecule has 3 rings (SSSR count). The summed E-state index contributed by atoms with van der Waals surface area (Å²) in [6.07, 6.45) is 5.09. The summed E-state index contributed by atoms with van der Waals surface area (Å²) >= 11 is 0. The number of nitrogens with zero attached hydrogens (tertiary/aromatic N) is 2. The number of hydrogen-bond acceptors (Lipinski definition) is 4. The van der Waals surface area contributed by atoms with Crippen molar-refractivity contribution in [1.82, 2.24) is 14.3 Å². The lowest BCUT2D eigenvalue weighted by Gasteiger charge is -2.30. The van der Waals surface area contributed by atoms with Crippen molar-refractivity contribution >= 4 is 10.0 Å². The van der Waals surface area contributed by atoms with Gasteiger partial charge < -0.3 is 9.72 Å². The van der Waals surface area contributed by atoms with Crippen LogP contribution in [0.25, 0.3) is 0 Å². The van der Waals surface area contributed by atoms with E-state index in [-0.39, 0.29) is 0 Å². The number of methoxy groups -OCH3 is 1. The summed E-state index contributed by atoms with van der Waals surface area (Å²) in [6.45, 7) is 1.03. The van der Waals surface area contributed by atoms with Gasteiger partial charge in [-0.1, -0.05) is 0 Å². The second-order valence-corrected chi connectivity index (χ2v) is 7.27. The van der Waals surface area contributed by atoms with Crippen LogP contribution in [0.3, 0.4) is 0 Å². The highest BCUT2D eigenvalue weighted by molar-refractivity contribution is 7.89. The number of imidazole rings is 1. The van der Waals surface area contributed by atoms with Crippen molar-refractivity contribution in [1.29, 1.82) is 0 Å². The SMILES string of the molecule is COc1ccc(S(=O)(=O)N2CCC(c3ncc[nH]3)CC2)cc1. The summed E-state index contributed by atoms with van der Waals surface area (Å²) in [6, 6.07) is 6.52. The van der Waals surface area contributed by atoms with Crippen molar-refractivity contribution in [2.75, 3.05) is 20.2 Å². The summed E-state index contributed by atoms with van der Waals surface area (Å²) in [5.41, 5.74) is 0. The summed E-state index contributed by atoms with van der Waals surface area (Å²) in [7, 11) is -1.87. The van der Waals surface area contributed by atoms with Gasteiger partial charge in [-0.25, -0.2) is 13.4 Å². The van der Waals surface area contributed by atoms with Gasteiger partial charge in [0.1, 0.15) is 11.6 Å². The Hall–Kier alpha value is -1.86. The van der Waals surface area contributed by atoms with Crippen molar-refractivity contribution in [2.24, 2.45) is 0 Å². The van der Waals surface area contributed by atoms with Gasteiger partial charge in [0.15, 0.2) is 0 Å². The standard InChI is InChI=1S/C15H19N3O3S/c1-21-13-2-4-14(5-3-13)22(19,20)18-10-6-12(7-11-18)15-16-8-9-17-15/h2-5,8-9,12H,6-7,10-11H2,1H3,(H,16,17). The molecule has 1 aliphatic rings. The molecule has 1 fully saturated rings. The molecule has 0 bridgehead atoms. The minimum Gasteiger partial charge on any atom is -0.497 e. The fourth-order valence-corrected chi connectivity index (χ4v) is 4.24. The first-order valence-electron chi connectivity index (χ1n) is 7.25. The fourth-order valence-electron chi connectivity index (χ4n) is 2.77. The van der Waals surface area contributed by atoms with Crippen molar-refractivity contribution in [2.45, 2.75) is 23.7 Å². The van der Waals surface area contributed by atoms with Gasteiger partial charge in [0.05, 0.1) is 12.0 Å². The van der Waals surface area contributed by atoms with Crippen LogP contribution >= 0.6 is 0 Å². The maximum atomic E-state index is 12.6. The molecule has 0 aliphatic carbocycles. The van der Waals surface area contributed by atoms with Crippen LogP contribution in [0.2, 0.25) is 0 Å². The molecule has 0 radical (unpaired) electrons. The minimum absolute atomic E-state index is 0.303. The van der Waals surface area contributed by atoms with Crippen LogP contribution < -0.4 is 4.74 Å². The highest BCUT2D eigenvalue weighted by Crippen LogP contribution is 2.29. The number of sulfonamides is 1. The predicted octanol–water partition coefficient (Wildman–Crippen LogP) is 1.99. The van der Waals surface area contributed by atoms with E-state index in [1.54, 1.807) is 48.1 Å². The van der Waals surface area contributed by atoms with Crippen LogP contribution in [0.1, 0.15) is 24.6 Å². The van der Waals surface area contributed by atoms with Crippen LogP contribution in [0.4, 0.5) is 0 Å². The van der Waals surface area contributed by atoms with Gasteiger partial charge in [-0.05, 0) is 37.1 Å². The van der Waals surface area contributed by atoms with Crippen LogP contribution in [0.5, 0.6) is 5.75 Å². The Morgan fingerprint density at radius 2 is 1.91 bits per heavy atom. The van der Waals surface area contributed by atoms with E-state index in [0.717, 1.165) is 18.7 Å². The number of ether oxygens (including phenoxy) is 1. The van der Waals surface area contributed by atoms with E-state index in [1.807, 2.05) is 0 Å². The maximum absolute atomic E-state index is 12.6. The van der Waals surface area contributed by atoms with Gasteiger partial charge in [-0.3, -0.25) is 0 Å². The smallest absolute Gasteiger partial charge is 0.243 e. The molecule has 1 saturated heterocycles. The Balaban J connectivity index is 1.71. The van der Waals surface area contributed by atoms with Crippen LogP contribution in [0.15, 0.2) is 41.6 Å². The molecular weight excluding hydrogens is 302 g/mol. The Morgan fingerprint density at radius 3 is 2.45 bits per heavy atom. The summed E-state index contributed by atoms with van der Waals surface area (Å²) < 4.78 is 31.9. The fraction of sp³-hybridized carbons (Fsp3) is 0.400. The van der Waals surface area contributed by atoms with Crippen molar-refractivity contribution in [3.8, 4) is 5.75 Å².